The van der Waals surface area contributed by atoms with E-state index in [0.717, 1.165) is 22.9 Å². The molecule has 2 heterocycles. The lowest BCUT2D eigenvalue weighted by Gasteiger charge is -2.28. The van der Waals surface area contributed by atoms with E-state index in [9.17, 15) is 4.79 Å². The first-order valence-corrected chi connectivity index (χ1v) is 12.6. The summed E-state index contributed by atoms with van der Waals surface area (Å²) in [6, 6.07) is 26.2. The number of hydrogen-bond acceptors (Lipinski definition) is 4. The number of thiocarbonyl (C=S) groups is 1. The summed E-state index contributed by atoms with van der Waals surface area (Å²) in [6.45, 7) is 4.17. The summed E-state index contributed by atoms with van der Waals surface area (Å²) in [5.41, 5.74) is 3.60. The second-order valence-electron chi connectivity index (χ2n) is 8.95. The van der Waals surface area contributed by atoms with E-state index in [2.05, 4.69) is 46.4 Å². The van der Waals surface area contributed by atoms with Crippen molar-refractivity contribution >= 4 is 28.2 Å². The van der Waals surface area contributed by atoms with Crippen molar-refractivity contribution in [2.24, 2.45) is 0 Å². The van der Waals surface area contributed by atoms with Crippen molar-refractivity contribution in [1.82, 2.24) is 15.2 Å². The van der Waals surface area contributed by atoms with Gasteiger partial charge in [-0.05, 0) is 48.8 Å². The van der Waals surface area contributed by atoms with E-state index in [-0.39, 0.29) is 11.6 Å². The Balaban J connectivity index is 1.40. The van der Waals surface area contributed by atoms with Crippen molar-refractivity contribution in [1.29, 1.82) is 0 Å². The molecular formula is C29H29N3O3S. The third-order valence-corrected chi connectivity index (χ3v) is 6.76. The van der Waals surface area contributed by atoms with Crippen LogP contribution in [0.1, 0.15) is 29.7 Å². The Morgan fingerprint density at radius 2 is 1.67 bits per heavy atom. The van der Waals surface area contributed by atoms with Crippen molar-refractivity contribution in [3.05, 3.63) is 106 Å². The summed E-state index contributed by atoms with van der Waals surface area (Å²) in [7, 11) is 0. The Kier molecular flexibility index (Phi) is 7.18. The topological polar surface area (TPSA) is 66.6 Å². The number of nitrogens with one attached hydrogen (secondary N) is 2. The number of pyridine rings is 1. The molecule has 0 unspecified atom stereocenters. The van der Waals surface area contributed by atoms with Crippen molar-refractivity contribution in [3.63, 3.8) is 0 Å². The predicted octanol–water partition coefficient (Wildman–Crippen LogP) is 4.98. The molecule has 1 aliphatic rings. The van der Waals surface area contributed by atoms with E-state index in [0.29, 0.717) is 48.5 Å². The number of benzene rings is 3. The Bertz CT molecular complexity index is 1410. The molecule has 0 spiro atoms. The van der Waals surface area contributed by atoms with Crippen LogP contribution in [-0.4, -0.2) is 34.8 Å². The lowest BCUT2D eigenvalue weighted by atomic mass is 10.1. The molecule has 5 rings (SSSR count). The number of aromatic nitrogens is 1. The second-order valence-corrected chi connectivity index (χ2v) is 9.33. The number of ether oxygens (including phenoxy) is 2. The van der Waals surface area contributed by atoms with Crippen molar-refractivity contribution in [3.8, 4) is 11.5 Å². The first-order chi connectivity index (χ1) is 17.6. The number of H-pyrrole nitrogens is 1. The molecule has 3 aromatic carbocycles. The van der Waals surface area contributed by atoms with Crippen LogP contribution in [-0.2, 0) is 13.0 Å². The van der Waals surface area contributed by atoms with Crippen molar-refractivity contribution in [2.45, 2.75) is 25.9 Å². The Hall–Kier alpha value is -3.84. The van der Waals surface area contributed by atoms with Gasteiger partial charge in [-0.15, -0.1) is 0 Å². The zero-order chi connectivity index (χ0) is 24.9. The normalized spacial score (nSPS) is 13.2. The van der Waals surface area contributed by atoms with Gasteiger partial charge in [0.2, 0.25) is 0 Å². The molecule has 0 saturated carbocycles. The highest BCUT2D eigenvalue weighted by atomic mass is 32.1. The third-order valence-electron chi connectivity index (χ3n) is 6.39. The summed E-state index contributed by atoms with van der Waals surface area (Å²) in [5.74, 6) is 1.35. The maximum atomic E-state index is 13.1. The van der Waals surface area contributed by atoms with Gasteiger partial charge in [0, 0.05) is 23.6 Å². The van der Waals surface area contributed by atoms with Crippen LogP contribution in [0.4, 0.5) is 0 Å². The van der Waals surface area contributed by atoms with Crippen LogP contribution in [0.5, 0.6) is 11.5 Å². The zero-order valence-corrected chi connectivity index (χ0v) is 21.0. The maximum Gasteiger partial charge on any atom is 0.253 e. The van der Waals surface area contributed by atoms with Gasteiger partial charge in [-0.3, -0.25) is 4.79 Å². The minimum atomic E-state index is -0.136. The minimum Gasteiger partial charge on any atom is -0.486 e. The largest absolute Gasteiger partial charge is 0.486 e. The first kappa shape index (κ1) is 23.9. The molecule has 1 atom stereocenters. The average molecular weight is 500 g/mol. The highest BCUT2D eigenvalue weighted by Crippen LogP contribution is 2.33. The molecule has 4 aromatic rings. The van der Waals surface area contributed by atoms with Crippen LogP contribution < -0.4 is 20.3 Å². The lowest BCUT2D eigenvalue weighted by molar-refractivity contribution is 0.172. The van der Waals surface area contributed by atoms with Gasteiger partial charge in [0.05, 0.1) is 18.1 Å². The third kappa shape index (κ3) is 5.52. The molecule has 0 fully saturated rings. The van der Waals surface area contributed by atoms with Crippen LogP contribution in [0, 0.1) is 0 Å². The molecule has 6 nitrogen and oxygen atoms in total. The van der Waals surface area contributed by atoms with Gasteiger partial charge in [-0.25, -0.2) is 0 Å². The van der Waals surface area contributed by atoms with E-state index in [1.807, 2.05) is 54.6 Å². The van der Waals surface area contributed by atoms with Gasteiger partial charge in [0.1, 0.15) is 13.2 Å². The average Bonchev–Trinajstić information content (AvgIpc) is 2.91. The molecule has 0 aliphatic carbocycles. The smallest absolute Gasteiger partial charge is 0.253 e. The number of nitrogens with zero attached hydrogens (tertiary/aromatic N) is 1. The van der Waals surface area contributed by atoms with E-state index in [4.69, 9.17) is 21.7 Å². The molecule has 7 heteroatoms. The Morgan fingerprint density at radius 3 is 2.39 bits per heavy atom. The van der Waals surface area contributed by atoms with E-state index >= 15 is 0 Å². The summed E-state index contributed by atoms with van der Waals surface area (Å²) >= 11 is 5.85. The molecule has 0 saturated heterocycles. The number of rotatable bonds is 7. The van der Waals surface area contributed by atoms with Gasteiger partial charge in [0.15, 0.2) is 16.6 Å². The van der Waals surface area contributed by atoms with E-state index < -0.39 is 0 Å². The van der Waals surface area contributed by atoms with Crippen LogP contribution in [0.3, 0.4) is 0 Å². The standard InChI is InChI=1S/C29H29N3O3S/c1-20(22-10-6-3-7-11-22)30-29(36)32(13-12-21-8-4-2-5-9-21)19-24-16-23-17-26-27(35-15-14-34-26)18-25(23)31-28(24)33/h2-11,16-18,20H,12-15,19H2,1H3,(H,30,36)(H,31,33)/t20-/m0/s1. The minimum absolute atomic E-state index is 0.0384. The second kappa shape index (κ2) is 10.8. The summed E-state index contributed by atoms with van der Waals surface area (Å²) in [4.78, 5) is 18.1. The van der Waals surface area contributed by atoms with Crippen molar-refractivity contribution < 1.29 is 9.47 Å². The molecule has 0 amide bonds. The summed E-state index contributed by atoms with van der Waals surface area (Å²) in [5, 5.41) is 4.97. The fourth-order valence-corrected chi connectivity index (χ4v) is 4.71. The molecule has 36 heavy (non-hydrogen) atoms. The molecule has 1 aromatic heterocycles. The van der Waals surface area contributed by atoms with Crippen LogP contribution in [0.25, 0.3) is 10.9 Å². The highest BCUT2D eigenvalue weighted by Gasteiger charge is 2.18. The maximum absolute atomic E-state index is 13.1. The predicted molar refractivity (Wildman–Crippen MR) is 147 cm³/mol. The van der Waals surface area contributed by atoms with Gasteiger partial charge in [0.25, 0.3) is 5.56 Å². The Labute approximate surface area is 215 Å². The van der Waals surface area contributed by atoms with Gasteiger partial charge < -0.3 is 24.7 Å². The zero-order valence-electron chi connectivity index (χ0n) is 20.2. The summed E-state index contributed by atoms with van der Waals surface area (Å²) < 4.78 is 11.4. The van der Waals surface area contributed by atoms with Crippen LogP contribution in [0.15, 0.2) is 83.7 Å². The molecule has 2 N–H and O–H groups in total. The molecular weight excluding hydrogens is 470 g/mol. The van der Waals surface area contributed by atoms with Gasteiger partial charge >= 0.3 is 0 Å². The summed E-state index contributed by atoms with van der Waals surface area (Å²) in [6.07, 6.45) is 0.812. The number of hydrogen-bond donors (Lipinski definition) is 2. The van der Waals surface area contributed by atoms with Crippen LogP contribution >= 0.6 is 12.2 Å². The van der Waals surface area contributed by atoms with Gasteiger partial charge in [-0.2, -0.15) is 0 Å². The van der Waals surface area contributed by atoms with E-state index in [1.165, 1.54) is 5.56 Å². The quantitative estimate of drug-likeness (QED) is 0.350. The first-order valence-electron chi connectivity index (χ1n) is 12.2. The molecule has 1 aliphatic heterocycles. The highest BCUT2D eigenvalue weighted by molar-refractivity contribution is 7.80. The number of fused-ring (bicyclic) bond motifs is 2. The molecule has 184 valence electrons. The monoisotopic (exact) mass is 499 g/mol. The van der Waals surface area contributed by atoms with E-state index in [1.54, 1.807) is 0 Å². The number of aromatic amines is 1. The lowest BCUT2D eigenvalue weighted by Crippen LogP contribution is -2.42. The molecule has 0 radical (unpaired) electrons. The fraction of sp³-hybridized carbons (Fsp3) is 0.241. The molecule has 0 bridgehead atoms. The SMILES string of the molecule is C[C@H](NC(=S)N(CCc1ccccc1)Cc1cc2cc3c(cc2[nH]c1=O)OCCO3)c1ccccc1. The van der Waals surface area contributed by atoms with Crippen molar-refractivity contribution in [2.75, 3.05) is 19.8 Å². The van der Waals surface area contributed by atoms with Gasteiger partial charge in [-0.1, -0.05) is 60.7 Å². The fourth-order valence-electron chi connectivity index (χ4n) is 4.37. The van der Waals surface area contributed by atoms with Crippen LogP contribution in [0.2, 0.25) is 0 Å². The Morgan fingerprint density at radius 1 is 1.00 bits per heavy atom.